The van der Waals surface area contributed by atoms with Gasteiger partial charge < -0.3 is 14.6 Å². The molecule has 0 atom stereocenters. The summed E-state index contributed by atoms with van der Waals surface area (Å²) in [6, 6.07) is -0.530. The third kappa shape index (κ3) is 3.63. The molecule has 0 radical (unpaired) electrons. The second-order valence-corrected chi connectivity index (χ2v) is 3.64. The predicted octanol–water partition coefficient (Wildman–Crippen LogP) is 1.52. The average Bonchev–Trinajstić information content (AvgIpc) is 2.68. The summed E-state index contributed by atoms with van der Waals surface area (Å²) in [5.41, 5.74) is 0.457. The summed E-state index contributed by atoms with van der Waals surface area (Å²) in [6.45, 7) is 3.79. The molecule has 0 fully saturated rings. The van der Waals surface area contributed by atoms with Crippen LogP contribution < -0.4 is 10.6 Å². The van der Waals surface area contributed by atoms with E-state index in [0.29, 0.717) is 12.2 Å². The van der Waals surface area contributed by atoms with Gasteiger partial charge in [0.05, 0.1) is 12.3 Å². The van der Waals surface area contributed by atoms with Crippen LogP contribution in [-0.2, 0) is 4.74 Å². The predicted molar refractivity (Wildman–Crippen MR) is 64.9 cm³/mol. The molecule has 0 spiro atoms. The number of aryl methyl sites for hydroxylation is 1. The van der Waals surface area contributed by atoms with Crippen molar-refractivity contribution in [2.75, 3.05) is 24.3 Å². The van der Waals surface area contributed by atoms with Crippen LogP contribution in [0.5, 0.6) is 0 Å². The van der Waals surface area contributed by atoms with Crippen LogP contribution in [0.1, 0.15) is 23.0 Å². The van der Waals surface area contributed by atoms with Crippen molar-refractivity contribution in [3.8, 4) is 0 Å². The Morgan fingerprint density at radius 1 is 1.50 bits per heavy atom. The van der Waals surface area contributed by atoms with Gasteiger partial charge in [-0.3, -0.25) is 5.32 Å². The number of hydrogen-bond donors (Lipinski definition) is 2. The maximum Gasteiger partial charge on any atom is 0.345 e. The van der Waals surface area contributed by atoms with E-state index in [2.05, 4.69) is 15.8 Å². The summed E-state index contributed by atoms with van der Waals surface area (Å²) in [4.78, 5) is 23.0. The van der Waals surface area contributed by atoms with Crippen molar-refractivity contribution in [3.05, 3.63) is 11.3 Å². The summed E-state index contributed by atoms with van der Waals surface area (Å²) < 4.78 is 9.70. The Balaban J connectivity index is 2.77. The maximum absolute atomic E-state index is 11.6. The Bertz CT molecular complexity index is 433. The van der Waals surface area contributed by atoms with Crippen LogP contribution >= 0.6 is 11.6 Å². The van der Waals surface area contributed by atoms with Crippen LogP contribution in [0, 0.1) is 6.92 Å². The molecule has 0 saturated heterocycles. The number of halogens is 1. The largest absolute Gasteiger partial charge is 0.462 e. The van der Waals surface area contributed by atoms with E-state index >= 15 is 0 Å². The molecule has 1 aromatic rings. The minimum absolute atomic E-state index is 0.0435. The van der Waals surface area contributed by atoms with E-state index in [4.69, 9.17) is 20.9 Å². The maximum atomic E-state index is 11.6. The Hall–Kier alpha value is -1.76. The molecule has 18 heavy (non-hydrogen) atoms. The van der Waals surface area contributed by atoms with E-state index in [-0.39, 0.29) is 23.9 Å². The highest BCUT2D eigenvalue weighted by Gasteiger charge is 2.23. The van der Waals surface area contributed by atoms with Crippen molar-refractivity contribution in [2.24, 2.45) is 0 Å². The fraction of sp³-hybridized carbons (Fsp3) is 0.500. The average molecular weight is 276 g/mol. The lowest BCUT2D eigenvalue weighted by molar-refractivity contribution is 0.0526. The molecule has 0 aliphatic heterocycles. The van der Waals surface area contributed by atoms with E-state index in [1.165, 1.54) is 0 Å². The lowest BCUT2D eigenvalue weighted by Gasteiger charge is -2.05. The molecule has 0 aliphatic rings. The van der Waals surface area contributed by atoms with Crippen LogP contribution in [0.3, 0.4) is 0 Å². The van der Waals surface area contributed by atoms with E-state index in [1.807, 2.05) is 0 Å². The molecule has 2 amide bonds. The third-order valence-corrected chi connectivity index (χ3v) is 2.14. The highest BCUT2D eigenvalue weighted by atomic mass is 35.5. The molecule has 8 heteroatoms. The van der Waals surface area contributed by atoms with Gasteiger partial charge in [-0.1, -0.05) is 5.16 Å². The van der Waals surface area contributed by atoms with Gasteiger partial charge in [0.2, 0.25) is 5.88 Å². The standard InChI is InChI=1S/C10H14ClN3O4/c1-3-17-9(15)7-6(2)14-18-8(7)13-10(16)12-5-4-11/h3-5H2,1-2H3,(H2,12,13,16). The molecule has 0 aliphatic carbocycles. The van der Waals surface area contributed by atoms with Gasteiger partial charge in [0.15, 0.2) is 0 Å². The summed E-state index contributed by atoms with van der Waals surface area (Å²) in [6.07, 6.45) is 0. The molecule has 1 rings (SSSR count). The van der Waals surface area contributed by atoms with E-state index in [9.17, 15) is 9.59 Å². The molecule has 1 heterocycles. The smallest absolute Gasteiger partial charge is 0.345 e. The molecular formula is C10H14ClN3O4. The minimum atomic E-state index is -0.594. The lowest BCUT2D eigenvalue weighted by atomic mass is 10.2. The first-order chi connectivity index (χ1) is 8.60. The first-order valence-corrected chi connectivity index (χ1v) is 5.87. The van der Waals surface area contributed by atoms with Gasteiger partial charge in [-0.15, -0.1) is 11.6 Å². The summed E-state index contributed by atoms with van der Waals surface area (Å²) in [7, 11) is 0. The topological polar surface area (TPSA) is 93.5 Å². The zero-order chi connectivity index (χ0) is 13.5. The number of aromatic nitrogens is 1. The van der Waals surface area contributed by atoms with E-state index in [1.54, 1.807) is 13.8 Å². The van der Waals surface area contributed by atoms with Crippen molar-refractivity contribution < 1.29 is 18.8 Å². The van der Waals surface area contributed by atoms with Crippen molar-refractivity contribution in [1.82, 2.24) is 10.5 Å². The van der Waals surface area contributed by atoms with Gasteiger partial charge in [-0.05, 0) is 13.8 Å². The highest BCUT2D eigenvalue weighted by molar-refractivity contribution is 6.18. The number of carbonyl (C=O) groups excluding carboxylic acids is 2. The van der Waals surface area contributed by atoms with Gasteiger partial charge in [-0.25, -0.2) is 9.59 Å². The monoisotopic (exact) mass is 275 g/mol. The molecule has 7 nitrogen and oxygen atoms in total. The Morgan fingerprint density at radius 2 is 2.22 bits per heavy atom. The Labute approximate surface area is 109 Å². The van der Waals surface area contributed by atoms with Crippen LogP contribution in [0.25, 0.3) is 0 Å². The SMILES string of the molecule is CCOC(=O)c1c(C)noc1NC(=O)NCCCl. The second-order valence-electron chi connectivity index (χ2n) is 3.26. The molecule has 0 saturated carbocycles. The zero-order valence-corrected chi connectivity index (χ0v) is 10.8. The molecular weight excluding hydrogens is 262 g/mol. The molecule has 0 aromatic carbocycles. The van der Waals surface area contributed by atoms with Crippen molar-refractivity contribution in [1.29, 1.82) is 0 Å². The number of esters is 1. The Morgan fingerprint density at radius 3 is 2.83 bits per heavy atom. The molecule has 2 N–H and O–H groups in total. The van der Waals surface area contributed by atoms with E-state index < -0.39 is 12.0 Å². The van der Waals surface area contributed by atoms with Crippen LogP contribution in [-0.4, -0.2) is 36.2 Å². The number of nitrogens with zero attached hydrogens (tertiary/aromatic N) is 1. The molecule has 1 aromatic heterocycles. The van der Waals surface area contributed by atoms with Gasteiger partial charge in [0, 0.05) is 12.4 Å². The summed E-state index contributed by atoms with van der Waals surface area (Å²) in [5.74, 6) is -0.352. The second kappa shape index (κ2) is 6.85. The number of carbonyl (C=O) groups is 2. The zero-order valence-electron chi connectivity index (χ0n) is 10.1. The van der Waals surface area contributed by atoms with Crippen molar-refractivity contribution in [3.63, 3.8) is 0 Å². The molecule has 100 valence electrons. The summed E-state index contributed by atoms with van der Waals surface area (Å²) >= 11 is 5.42. The highest BCUT2D eigenvalue weighted by Crippen LogP contribution is 2.20. The fourth-order valence-corrected chi connectivity index (χ4v) is 1.30. The number of hydrogen-bond acceptors (Lipinski definition) is 5. The van der Waals surface area contributed by atoms with Crippen LogP contribution in [0.4, 0.5) is 10.7 Å². The van der Waals surface area contributed by atoms with Crippen molar-refractivity contribution >= 4 is 29.5 Å². The van der Waals surface area contributed by atoms with Crippen molar-refractivity contribution in [2.45, 2.75) is 13.8 Å². The number of anilines is 1. The third-order valence-electron chi connectivity index (χ3n) is 1.95. The van der Waals surface area contributed by atoms with Crippen LogP contribution in [0.15, 0.2) is 4.52 Å². The van der Waals surface area contributed by atoms with Gasteiger partial charge in [-0.2, -0.15) is 0 Å². The number of alkyl halides is 1. The quantitative estimate of drug-likeness (QED) is 0.628. The van der Waals surface area contributed by atoms with Gasteiger partial charge >= 0.3 is 12.0 Å². The number of urea groups is 1. The number of amides is 2. The first kappa shape index (κ1) is 14.3. The fourth-order valence-electron chi connectivity index (χ4n) is 1.21. The number of rotatable bonds is 5. The summed E-state index contributed by atoms with van der Waals surface area (Å²) in [5, 5.41) is 8.44. The lowest BCUT2D eigenvalue weighted by Crippen LogP contribution is -2.30. The van der Waals surface area contributed by atoms with Gasteiger partial charge in [0.25, 0.3) is 0 Å². The van der Waals surface area contributed by atoms with Gasteiger partial charge in [0.1, 0.15) is 5.56 Å². The first-order valence-electron chi connectivity index (χ1n) is 5.34. The van der Waals surface area contributed by atoms with Crippen LogP contribution in [0.2, 0.25) is 0 Å². The van der Waals surface area contributed by atoms with E-state index in [0.717, 1.165) is 0 Å². The molecule has 0 bridgehead atoms. The number of nitrogens with one attached hydrogen (secondary N) is 2. The minimum Gasteiger partial charge on any atom is -0.462 e. The number of ether oxygens (including phenoxy) is 1. The normalized spacial score (nSPS) is 9.94. The molecule has 0 unspecified atom stereocenters. The Kier molecular flexibility index (Phi) is 5.44.